The molecule has 0 radical (unpaired) electrons. The van der Waals surface area contributed by atoms with E-state index < -0.39 is 17.7 Å². The molecule has 0 amide bonds. The number of ether oxygens (including phenoxy) is 1. The predicted octanol–water partition coefficient (Wildman–Crippen LogP) is 3.85. The van der Waals surface area contributed by atoms with Gasteiger partial charge in [0.05, 0.1) is 12.2 Å². The lowest BCUT2D eigenvalue weighted by Gasteiger charge is -2.09. The van der Waals surface area contributed by atoms with Crippen molar-refractivity contribution in [2.45, 2.75) is 20.0 Å². The number of hydrogen-bond donors (Lipinski definition) is 0. The molecule has 1 heterocycles. The Labute approximate surface area is 118 Å². The Morgan fingerprint density at radius 1 is 1.33 bits per heavy atom. The van der Waals surface area contributed by atoms with E-state index in [2.05, 4.69) is 5.16 Å². The van der Waals surface area contributed by atoms with Gasteiger partial charge in [-0.3, -0.25) is 0 Å². The summed E-state index contributed by atoms with van der Waals surface area (Å²) in [4.78, 5) is 11.5. The van der Waals surface area contributed by atoms with Crippen molar-refractivity contribution in [2.24, 2.45) is 0 Å². The topological polar surface area (TPSA) is 52.3 Å². The predicted molar refractivity (Wildman–Crippen MR) is 67.6 cm³/mol. The van der Waals surface area contributed by atoms with E-state index >= 15 is 0 Å². The summed E-state index contributed by atoms with van der Waals surface area (Å²) < 4.78 is 47.4. The highest BCUT2D eigenvalue weighted by Gasteiger charge is 2.30. The van der Waals surface area contributed by atoms with Crippen LogP contribution in [0.4, 0.5) is 13.2 Å². The average Bonchev–Trinajstić information content (AvgIpc) is 2.87. The van der Waals surface area contributed by atoms with Gasteiger partial charge in [-0.25, -0.2) is 4.79 Å². The van der Waals surface area contributed by atoms with Crippen LogP contribution >= 0.6 is 0 Å². The molecule has 0 aliphatic heterocycles. The second-order valence-corrected chi connectivity index (χ2v) is 4.32. The van der Waals surface area contributed by atoms with Gasteiger partial charge in [0.25, 0.3) is 0 Å². The number of alkyl halides is 3. The lowest BCUT2D eigenvalue weighted by atomic mass is 10.0. The first kappa shape index (κ1) is 15.1. The average molecular weight is 299 g/mol. The molecular formula is C14H12F3NO3. The highest BCUT2D eigenvalue weighted by molar-refractivity contribution is 5.87. The van der Waals surface area contributed by atoms with Gasteiger partial charge in [-0.15, -0.1) is 0 Å². The lowest BCUT2D eigenvalue weighted by molar-refractivity contribution is -0.137. The standard InChI is InChI=1S/C14H12F3NO3/c1-3-20-13(19)12-7-11(18-21-12)10-5-4-9(6-8(10)2)14(15,16)17/h4-7H,3H2,1-2H3. The molecule has 0 fully saturated rings. The van der Waals surface area contributed by atoms with E-state index in [1.807, 2.05) is 0 Å². The van der Waals surface area contributed by atoms with Gasteiger partial charge in [0.2, 0.25) is 5.76 Å². The maximum atomic E-state index is 12.6. The molecule has 0 spiro atoms. The molecule has 112 valence electrons. The van der Waals surface area contributed by atoms with Crippen molar-refractivity contribution in [3.8, 4) is 11.3 Å². The molecule has 2 rings (SSSR count). The number of nitrogens with zero attached hydrogens (tertiary/aromatic N) is 1. The molecule has 1 aromatic carbocycles. The molecule has 0 saturated carbocycles. The summed E-state index contributed by atoms with van der Waals surface area (Å²) in [5, 5.41) is 3.69. The van der Waals surface area contributed by atoms with E-state index in [9.17, 15) is 18.0 Å². The van der Waals surface area contributed by atoms with Crippen molar-refractivity contribution < 1.29 is 27.2 Å². The third-order valence-electron chi connectivity index (χ3n) is 2.82. The van der Waals surface area contributed by atoms with E-state index in [-0.39, 0.29) is 18.1 Å². The first-order chi connectivity index (χ1) is 9.82. The number of esters is 1. The van der Waals surface area contributed by atoms with Gasteiger partial charge in [-0.05, 0) is 31.5 Å². The zero-order chi connectivity index (χ0) is 15.6. The molecular weight excluding hydrogens is 287 g/mol. The van der Waals surface area contributed by atoms with Crippen molar-refractivity contribution in [2.75, 3.05) is 6.61 Å². The number of carbonyl (C=O) groups excluding carboxylic acids is 1. The fraction of sp³-hybridized carbons (Fsp3) is 0.286. The van der Waals surface area contributed by atoms with Gasteiger partial charge in [-0.1, -0.05) is 11.2 Å². The number of rotatable bonds is 3. The van der Waals surface area contributed by atoms with Gasteiger partial charge < -0.3 is 9.26 Å². The van der Waals surface area contributed by atoms with Crippen LogP contribution in [0.15, 0.2) is 28.8 Å². The smallest absolute Gasteiger partial charge is 0.416 e. The Kier molecular flexibility index (Phi) is 4.02. The highest BCUT2D eigenvalue weighted by atomic mass is 19.4. The van der Waals surface area contributed by atoms with Crippen LogP contribution < -0.4 is 0 Å². The van der Waals surface area contributed by atoms with Crippen LogP contribution in [0.5, 0.6) is 0 Å². The molecule has 0 unspecified atom stereocenters. The molecule has 0 aliphatic carbocycles. The zero-order valence-electron chi connectivity index (χ0n) is 11.3. The molecule has 7 heteroatoms. The van der Waals surface area contributed by atoms with Gasteiger partial charge in [0.1, 0.15) is 5.69 Å². The Morgan fingerprint density at radius 2 is 2.05 bits per heavy atom. The second-order valence-electron chi connectivity index (χ2n) is 4.32. The minimum Gasteiger partial charge on any atom is -0.460 e. The number of hydrogen-bond acceptors (Lipinski definition) is 4. The van der Waals surface area contributed by atoms with Gasteiger partial charge >= 0.3 is 12.1 Å². The summed E-state index contributed by atoms with van der Waals surface area (Å²) in [5.74, 6) is -0.757. The summed E-state index contributed by atoms with van der Waals surface area (Å²) in [7, 11) is 0. The molecule has 4 nitrogen and oxygen atoms in total. The number of benzene rings is 1. The fourth-order valence-corrected chi connectivity index (χ4v) is 1.83. The quantitative estimate of drug-likeness (QED) is 0.808. The Hall–Kier alpha value is -2.31. The third kappa shape index (κ3) is 3.24. The van der Waals surface area contributed by atoms with Crippen LogP contribution in [0, 0.1) is 6.92 Å². The molecule has 0 aliphatic rings. The molecule has 0 atom stereocenters. The molecule has 1 aromatic heterocycles. The third-order valence-corrected chi connectivity index (χ3v) is 2.82. The summed E-state index contributed by atoms with van der Waals surface area (Å²) >= 11 is 0. The van der Waals surface area contributed by atoms with E-state index in [0.717, 1.165) is 12.1 Å². The van der Waals surface area contributed by atoms with Crippen LogP contribution in [0.25, 0.3) is 11.3 Å². The monoisotopic (exact) mass is 299 g/mol. The molecule has 21 heavy (non-hydrogen) atoms. The summed E-state index contributed by atoms with van der Waals surface area (Å²) in [6, 6.07) is 4.62. The van der Waals surface area contributed by atoms with Gasteiger partial charge in [0.15, 0.2) is 0 Å². The Morgan fingerprint density at radius 3 is 2.62 bits per heavy atom. The van der Waals surface area contributed by atoms with Gasteiger partial charge in [-0.2, -0.15) is 13.2 Å². The number of aromatic nitrogens is 1. The SMILES string of the molecule is CCOC(=O)c1cc(-c2ccc(C(F)(F)F)cc2C)no1. The van der Waals surface area contributed by atoms with Crippen LogP contribution in [-0.4, -0.2) is 17.7 Å². The maximum Gasteiger partial charge on any atom is 0.416 e. The molecule has 0 bridgehead atoms. The largest absolute Gasteiger partial charge is 0.460 e. The normalized spacial score (nSPS) is 11.5. The highest BCUT2D eigenvalue weighted by Crippen LogP contribution is 2.33. The van der Waals surface area contributed by atoms with Crippen LogP contribution in [0.2, 0.25) is 0 Å². The van der Waals surface area contributed by atoms with E-state index in [1.54, 1.807) is 6.92 Å². The van der Waals surface area contributed by atoms with E-state index in [1.165, 1.54) is 19.1 Å². The number of aryl methyl sites for hydroxylation is 1. The Balaban J connectivity index is 2.33. The minimum atomic E-state index is -4.40. The van der Waals surface area contributed by atoms with E-state index in [4.69, 9.17) is 9.26 Å². The van der Waals surface area contributed by atoms with E-state index in [0.29, 0.717) is 11.1 Å². The lowest BCUT2D eigenvalue weighted by Crippen LogP contribution is -2.05. The molecule has 0 saturated heterocycles. The second kappa shape index (κ2) is 5.59. The van der Waals surface area contributed by atoms with Crippen molar-refractivity contribution in [3.63, 3.8) is 0 Å². The summed E-state index contributed by atoms with van der Waals surface area (Å²) in [5.41, 5.74) is 0.387. The summed E-state index contributed by atoms with van der Waals surface area (Å²) in [6.45, 7) is 3.37. The first-order valence-corrected chi connectivity index (χ1v) is 6.15. The van der Waals surface area contributed by atoms with Crippen molar-refractivity contribution in [1.82, 2.24) is 5.16 Å². The Bertz CT molecular complexity index is 662. The fourth-order valence-electron chi connectivity index (χ4n) is 1.83. The van der Waals surface area contributed by atoms with Crippen LogP contribution in [-0.2, 0) is 10.9 Å². The first-order valence-electron chi connectivity index (χ1n) is 6.15. The molecule has 0 N–H and O–H groups in total. The molecule has 2 aromatic rings. The van der Waals surface area contributed by atoms with Crippen molar-refractivity contribution in [1.29, 1.82) is 0 Å². The van der Waals surface area contributed by atoms with Crippen LogP contribution in [0.1, 0.15) is 28.6 Å². The van der Waals surface area contributed by atoms with Crippen molar-refractivity contribution in [3.05, 3.63) is 41.2 Å². The van der Waals surface area contributed by atoms with Crippen molar-refractivity contribution >= 4 is 5.97 Å². The van der Waals surface area contributed by atoms with Crippen LogP contribution in [0.3, 0.4) is 0 Å². The zero-order valence-corrected chi connectivity index (χ0v) is 11.3. The minimum absolute atomic E-state index is 0.0915. The maximum absolute atomic E-state index is 12.6. The summed E-state index contributed by atoms with van der Waals surface area (Å²) in [6.07, 6.45) is -4.40. The number of carbonyl (C=O) groups is 1. The number of halogens is 3. The van der Waals surface area contributed by atoms with Gasteiger partial charge in [0, 0.05) is 11.6 Å².